The number of carbonyl (C=O) groups excluding carboxylic acids is 2. The fourth-order valence-electron chi connectivity index (χ4n) is 6.69. The fraction of sp³-hybridized carbons (Fsp3) is 0.344. The van der Waals surface area contributed by atoms with Crippen molar-refractivity contribution in [2.45, 2.75) is 49.3 Å². The molecule has 2 aromatic heterocycles. The molecule has 0 aliphatic carbocycles. The van der Waals surface area contributed by atoms with E-state index in [2.05, 4.69) is 10.3 Å². The highest BCUT2D eigenvalue weighted by Crippen LogP contribution is 2.41. The molecule has 12 heteroatoms. The first-order chi connectivity index (χ1) is 21.3. The SMILES string of the molecule is Cc1cc(=O)n2c(c1-c1ccccc1)SCC2C(=O)N1CCC(N2CCC(n3cc(-c4cc(Cl)cc(Cl)c4)nn3)C2=O)CC1. The lowest BCUT2D eigenvalue weighted by Crippen LogP contribution is -2.49. The van der Waals surface area contributed by atoms with Gasteiger partial charge in [-0.3, -0.25) is 19.0 Å². The Bertz CT molecular complexity index is 1800. The molecule has 9 nitrogen and oxygen atoms in total. The van der Waals surface area contributed by atoms with E-state index >= 15 is 0 Å². The van der Waals surface area contributed by atoms with E-state index in [1.165, 1.54) is 0 Å². The van der Waals surface area contributed by atoms with Gasteiger partial charge in [-0.15, -0.1) is 16.9 Å². The standard InChI is InChI=1S/C32H30Cl2N6O3S/c1-19-13-28(41)40-27(18-44-32(40)29(19)20-5-3-2-4-6-20)30(42)37-10-7-24(8-11-37)38-12-9-26(31(38)43)39-17-25(35-36-39)21-14-22(33)16-23(34)15-21/h2-6,13-17,24,26-27H,7-12,18H2,1H3. The molecule has 0 spiro atoms. The summed E-state index contributed by atoms with van der Waals surface area (Å²) >= 11 is 13.9. The smallest absolute Gasteiger partial charge is 0.252 e. The number of rotatable bonds is 5. The Labute approximate surface area is 268 Å². The Balaban J connectivity index is 1.02. The first kappa shape index (κ1) is 29.1. The number of halogens is 2. The van der Waals surface area contributed by atoms with E-state index in [-0.39, 0.29) is 23.4 Å². The van der Waals surface area contributed by atoms with E-state index in [0.717, 1.165) is 27.3 Å². The number of amides is 2. The minimum absolute atomic E-state index is 0.0202. The van der Waals surface area contributed by atoms with Crippen molar-refractivity contribution in [3.8, 4) is 22.4 Å². The molecule has 5 heterocycles. The highest BCUT2D eigenvalue weighted by molar-refractivity contribution is 7.99. The second kappa shape index (κ2) is 11.7. The molecule has 0 saturated carbocycles. The van der Waals surface area contributed by atoms with Crippen molar-refractivity contribution in [3.05, 3.63) is 86.8 Å². The monoisotopic (exact) mass is 648 g/mol. The number of fused-ring (bicyclic) bond motifs is 1. The number of thioether (sulfide) groups is 1. The zero-order valence-electron chi connectivity index (χ0n) is 24.0. The number of hydrogen-bond donors (Lipinski definition) is 0. The Morgan fingerprint density at radius 1 is 0.932 bits per heavy atom. The van der Waals surface area contributed by atoms with Crippen LogP contribution in [0.3, 0.4) is 0 Å². The first-order valence-electron chi connectivity index (χ1n) is 14.7. The van der Waals surface area contributed by atoms with E-state index in [9.17, 15) is 14.4 Å². The van der Waals surface area contributed by atoms with Gasteiger partial charge in [0.05, 0.1) is 11.2 Å². The van der Waals surface area contributed by atoms with E-state index in [0.29, 0.717) is 60.4 Å². The van der Waals surface area contributed by atoms with E-state index in [1.54, 1.807) is 51.5 Å². The van der Waals surface area contributed by atoms with Crippen molar-refractivity contribution >= 4 is 46.8 Å². The number of nitrogens with zero attached hydrogens (tertiary/aromatic N) is 6. The molecule has 0 N–H and O–H groups in total. The van der Waals surface area contributed by atoms with Gasteiger partial charge >= 0.3 is 0 Å². The highest BCUT2D eigenvalue weighted by atomic mass is 35.5. The number of likely N-dealkylation sites (tertiary alicyclic amines) is 2. The molecular formula is C32H30Cl2N6O3S. The third kappa shape index (κ3) is 5.22. The Morgan fingerprint density at radius 2 is 1.66 bits per heavy atom. The zero-order valence-corrected chi connectivity index (χ0v) is 26.4. The lowest BCUT2D eigenvalue weighted by molar-refractivity contribution is -0.137. The molecule has 3 aliphatic rings. The van der Waals surface area contributed by atoms with E-state index < -0.39 is 12.1 Å². The van der Waals surface area contributed by atoms with Crippen LogP contribution in [0, 0.1) is 6.92 Å². The molecule has 2 aromatic carbocycles. The number of pyridine rings is 1. The number of aromatic nitrogens is 4. The van der Waals surface area contributed by atoms with Gasteiger partial charge < -0.3 is 9.80 Å². The van der Waals surface area contributed by atoms with Crippen LogP contribution < -0.4 is 5.56 Å². The summed E-state index contributed by atoms with van der Waals surface area (Å²) < 4.78 is 3.32. The van der Waals surface area contributed by atoms with Crippen LogP contribution in [-0.4, -0.2) is 72.6 Å². The Morgan fingerprint density at radius 3 is 2.39 bits per heavy atom. The number of hydrogen-bond acceptors (Lipinski definition) is 6. The number of benzene rings is 2. The molecule has 44 heavy (non-hydrogen) atoms. The van der Waals surface area contributed by atoms with Crippen LogP contribution in [0.2, 0.25) is 10.0 Å². The molecule has 7 rings (SSSR count). The predicted molar refractivity (Wildman–Crippen MR) is 171 cm³/mol. The summed E-state index contributed by atoms with van der Waals surface area (Å²) in [6, 6.07) is 15.9. The van der Waals surface area contributed by atoms with Crippen LogP contribution in [0.5, 0.6) is 0 Å². The molecule has 3 aliphatic heterocycles. The topological polar surface area (TPSA) is 93.3 Å². The Kier molecular flexibility index (Phi) is 7.76. The number of carbonyl (C=O) groups is 2. The number of aryl methyl sites for hydroxylation is 1. The van der Waals surface area contributed by atoms with Crippen molar-refractivity contribution in [1.82, 2.24) is 29.4 Å². The molecular weight excluding hydrogens is 619 g/mol. The molecule has 4 aromatic rings. The fourth-order valence-corrected chi connectivity index (χ4v) is 8.60. The van der Waals surface area contributed by atoms with Gasteiger partial charge in [-0.05, 0) is 55.5 Å². The molecule has 0 radical (unpaired) electrons. The minimum atomic E-state index is -0.532. The maximum absolute atomic E-state index is 13.8. The van der Waals surface area contributed by atoms with Crippen LogP contribution in [-0.2, 0) is 9.59 Å². The first-order valence-corrected chi connectivity index (χ1v) is 16.4. The van der Waals surface area contributed by atoms with Crippen molar-refractivity contribution in [3.63, 3.8) is 0 Å². The Hall–Kier alpha value is -3.60. The summed E-state index contributed by atoms with van der Waals surface area (Å²) in [6.07, 6.45) is 3.79. The third-order valence-electron chi connectivity index (χ3n) is 8.86. The lowest BCUT2D eigenvalue weighted by Gasteiger charge is -2.37. The van der Waals surface area contributed by atoms with Crippen LogP contribution in [0.15, 0.2) is 70.6 Å². The van der Waals surface area contributed by atoms with E-state index in [4.69, 9.17) is 23.2 Å². The summed E-state index contributed by atoms with van der Waals surface area (Å²) in [5, 5.41) is 10.4. The lowest BCUT2D eigenvalue weighted by atomic mass is 10.0. The van der Waals surface area contributed by atoms with Gasteiger partial charge in [0.2, 0.25) is 11.8 Å². The summed E-state index contributed by atoms with van der Waals surface area (Å²) in [5.41, 5.74) is 4.17. The maximum atomic E-state index is 13.8. The molecule has 2 fully saturated rings. The minimum Gasteiger partial charge on any atom is -0.341 e. The van der Waals surface area contributed by atoms with Gasteiger partial charge in [-0.1, -0.05) is 58.7 Å². The average molecular weight is 650 g/mol. The van der Waals surface area contributed by atoms with Crippen molar-refractivity contribution in [1.29, 1.82) is 0 Å². The summed E-state index contributed by atoms with van der Waals surface area (Å²) in [4.78, 5) is 44.2. The van der Waals surface area contributed by atoms with Gasteiger partial charge in [-0.25, -0.2) is 4.68 Å². The van der Waals surface area contributed by atoms with Crippen molar-refractivity contribution < 1.29 is 9.59 Å². The second-order valence-corrected chi connectivity index (χ2v) is 13.4. The van der Waals surface area contributed by atoms with Gasteiger partial charge in [0.15, 0.2) is 0 Å². The average Bonchev–Trinajstić information content (AvgIpc) is 3.76. The maximum Gasteiger partial charge on any atom is 0.252 e. The molecule has 226 valence electrons. The summed E-state index contributed by atoms with van der Waals surface area (Å²) in [5.74, 6) is 0.526. The van der Waals surface area contributed by atoms with Crippen molar-refractivity contribution in [2.75, 3.05) is 25.4 Å². The molecule has 0 bridgehead atoms. The van der Waals surface area contributed by atoms with Gasteiger partial charge in [-0.2, -0.15) is 0 Å². The van der Waals surface area contributed by atoms with Gasteiger partial charge in [0, 0.05) is 58.7 Å². The largest absolute Gasteiger partial charge is 0.341 e. The van der Waals surface area contributed by atoms with E-state index in [1.807, 2.05) is 47.1 Å². The molecule has 2 amide bonds. The van der Waals surface area contributed by atoms with Gasteiger partial charge in [0.25, 0.3) is 5.56 Å². The molecule has 2 atom stereocenters. The summed E-state index contributed by atoms with van der Waals surface area (Å²) in [6.45, 7) is 3.67. The van der Waals surface area contributed by atoms with Crippen molar-refractivity contribution in [2.24, 2.45) is 0 Å². The molecule has 2 unspecified atom stereocenters. The van der Waals surface area contributed by atoms with Crippen LogP contribution in [0.4, 0.5) is 0 Å². The molecule has 2 saturated heterocycles. The third-order valence-corrected chi connectivity index (χ3v) is 10.5. The normalized spacial score (nSPS) is 20.4. The summed E-state index contributed by atoms with van der Waals surface area (Å²) in [7, 11) is 0. The zero-order chi connectivity index (χ0) is 30.5. The van der Waals surface area contributed by atoms with Crippen LogP contribution in [0.25, 0.3) is 22.4 Å². The van der Waals surface area contributed by atoms with Crippen LogP contribution in [0.1, 0.15) is 36.9 Å². The highest BCUT2D eigenvalue weighted by Gasteiger charge is 2.41. The second-order valence-electron chi connectivity index (χ2n) is 11.5. The predicted octanol–water partition coefficient (Wildman–Crippen LogP) is 5.50. The quantitative estimate of drug-likeness (QED) is 0.284. The van der Waals surface area contributed by atoms with Gasteiger partial charge in [0.1, 0.15) is 17.8 Å². The number of piperidine rings is 1. The van der Waals surface area contributed by atoms with Crippen LogP contribution >= 0.6 is 35.0 Å².